The van der Waals surface area contributed by atoms with Crippen LogP contribution >= 0.6 is 11.6 Å². The van der Waals surface area contributed by atoms with Gasteiger partial charge >= 0.3 is 5.97 Å². The predicted molar refractivity (Wildman–Crippen MR) is 57.3 cm³/mol. The van der Waals surface area contributed by atoms with Crippen molar-refractivity contribution in [3.05, 3.63) is 23.4 Å². The Morgan fingerprint density at radius 3 is 3.07 bits per heavy atom. The molecule has 80 valence electrons. The van der Waals surface area contributed by atoms with Crippen molar-refractivity contribution in [2.75, 3.05) is 11.4 Å². The lowest BCUT2D eigenvalue weighted by Gasteiger charge is -2.22. The number of pyridine rings is 1. The highest BCUT2D eigenvalue weighted by Gasteiger charge is 2.31. The van der Waals surface area contributed by atoms with Gasteiger partial charge in [-0.3, -0.25) is 0 Å². The number of halogens is 1. The first-order valence-corrected chi connectivity index (χ1v) is 5.18. The Labute approximate surface area is 92.5 Å². The Balaban J connectivity index is 2.26. The molecule has 0 spiro atoms. The minimum absolute atomic E-state index is 0.392. The maximum absolute atomic E-state index is 11.0. The van der Waals surface area contributed by atoms with E-state index >= 15 is 0 Å². The standard InChI is InChI=1S/C10H11ClN2O2/c11-8-4-1-5-9(12-8)13-6-2-3-7(13)10(14)15/h1,4-5,7H,2-3,6H2,(H,14,15)/t7-/m0/s1. The Morgan fingerprint density at radius 1 is 1.60 bits per heavy atom. The fourth-order valence-electron chi connectivity index (χ4n) is 1.86. The number of nitrogens with zero attached hydrogens (tertiary/aromatic N) is 2. The van der Waals surface area contributed by atoms with Crippen LogP contribution in [0.25, 0.3) is 0 Å². The number of hydrogen-bond acceptors (Lipinski definition) is 3. The van der Waals surface area contributed by atoms with Gasteiger partial charge in [0.1, 0.15) is 17.0 Å². The maximum atomic E-state index is 11.0. The molecule has 4 nitrogen and oxygen atoms in total. The van der Waals surface area contributed by atoms with E-state index in [2.05, 4.69) is 4.98 Å². The summed E-state index contributed by atoms with van der Waals surface area (Å²) in [7, 11) is 0. The highest BCUT2D eigenvalue weighted by Crippen LogP contribution is 2.24. The van der Waals surface area contributed by atoms with Crippen molar-refractivity contribution in [2.45, 2.75) is 18.9 Å². The maximum Gasteiger partial charge on any atom is 0.326 e. The molecule has 1 atom stereocenters. The van der Waals surface area contributed by atoms with Gasteiger partial charge < -0.3 is 10.0 Å². The first kappa shape index (κ1) is 10.2. The molecule has 1 aromatic heterocycles. The molecular formula is C10H11ClN2O2. The molecule has 1 saturated heterocycles. The predicted octanol–water partition coefficient (Wildman–Crippen LogP) is 1.79. The second-order valence-electron chi connectivity index (χ2n) is 3.51. The molecule has 0 amide bonds. The van der Waals surface area contributed by atoms with Crippen molar-refractivity contribution in [2.24, 2.45) is 0 Å². The Morgan fingerprint density at radius 2 is 2.40 bits per heavy atom. The number of anilines is 1. The molecule has 1 aromatic rings. The van der Waals surface area contributed by atoms with E-state index in [1.54, 1.807) is 23.1 Å². The number of rotatable bonds is 2. The molecule has 0 aliphatic carbocycles. The molecule has 1 N–H and O–H groups in total. The number of aliphatic carboxylic acids is 1. The number of hydrogen-bond donors (Lipinski definition) is 1. The zero-order valence-electron chi connectivity index (χ0n) is 8.06. The van der Waals surface area contributed by atoms with Crippen LogP contribution in [0.1, 0.15) is 12.8 Å². The second-order valence-corrected chi connectivity index (χ2v) is 3.90. The molecule has 1 aliphatic heterocycles. The number of carbonyl (C=O) groups is 1. The molecule has 0 unspecified atom stereocenters. The molecule has 0 saturated carbocycles. The SMILES string of the molecule is O=C(O)[C@@H]1CCCN1c1cccc(Cl)n1. The topological polar surface area (TPSA) is 53.4 Å². The van der Waals surface area contributed by atoms with E-state index in [1.165, 1.54) is 0 Å². The third-order valence-electron chi connectivity index (χ3n) is 2.53. The van der Waals surface area contributed by atoms with Crippen LogP contribution in [0.5, 0.6) is 0 Å². The minimum Gasteiger partial charge on any atom is -0.480 e. The lowest BCUT2D eigenvalue weighted by molar-refractivity contribution is -0.138. The Kier molecular flexibility index (Phi) is 2.77. The third-order valence-corrected chi connectivity index (χ3v) is 2.74. The van der Waals surface area contributed by atoms with Crippen LogP contribution in [0.2, 0.25) is 5.15 Å². The van der Waals surface area contributed by atoms with Gasteiger partial charge in [-0.15, -0.1) is 0 Å². The fraction of sp³-hybridized carbons (Fsp3) is 0.400. The van der Waals surface area contributed by atoms with Crippen LogP contribution in [-0.4, -0.2) is 28.6 Å². The second kappa shape index (κ2) is 4.06. The molecule has 1 aliphatic rings. The van der Waals surface area contributed by atoms with Crippen LogP contribution in [-0.2, 0) is 4.79 Å². The quantitative estimate of drug-likeness (QED) is 0.782. The summed E-state index contributed by atoms with van der Waals surface area (Å²) in [5.41, 5.74) is 0. The molecule has 0 bridgehead atoms. The van der Waals surface area contributed by atoms with Crippen molar-refractivity contribution in [1.82, 2.24) is 4.98 Å². The van der Waals surface area contributed by atoms with Crippen molar-refractivity contribution in [3.8, 4) is 0 Å². The molecule has 2 heterocycles. The van der Waals surface area contributed by atoms with Crippen molar-refractivity contribution >= 4 is 23.4 Å². The van der Waals surface area contributed by atoms with Gasteiger partial charge in [-0.25, -0.2) is 9.78 Å². The van der Waals surface area contributed by atoms with E-state index in [0.29, 0.717) is 17.4 Å². The van der Waals surface area contributed by atoms with Gasteiger partial charge in [-0.05, 0) is 25.0 Å². The lowest BCUT2D eigenvalue weighted by atomic mass is 10.2. The van der Waals surface area contributed by atoms with Crippen LogP contribution in [0, 0.1) is 0 Å². The summed E-state index contributed by atoms with van der Waals surface area (Å²) in [5.74, 6) is -0.151. The first-order valence-electron chi connectivity index (χ1n) is 4.80. The molecule has 15 heavy (non-hydrogen) atoms. The summed E-state index contributed by atoms with van der Waals surface area (Å²) in [4.78, 5) is 16.9. The smallest absolute Gasteiger partial charge is 0.326 e. The number of aromatic nitrogens is 1. The van der Waals surface area contributed by atoms with Crippen molar-refractivity contribution < 1.29 is 9.90 Å². The molecule has 0 radical (unpaired) electrons. The highest BCUT2D eigenvalue weighted by molar-refractivity contribution is 6.29. The van der Waals surface area contributed by atoms with Gasteiger partial charge in [0.05, 0.1) is 0 Å². The van der Waals surface area contributed by atoms with Crippen molar-refractivity contribution in [1.29, 1.82) is 0 Å². The van der Waals surface area contributed by atoms with E-state index in [4.69, 9.17) is 16.7 Å². The highest BCUT2D eigenvalue weighted by atomic mass is 35.5. The van der Waals surface area contributed by atoms with Crippen LogP contribution in [0.3, 0.4) is 0 Å². The monoisotopic (exact) mass is 226 g/mol. The summed E-state index contributed by atoms with van der Waals surface area (Å²) in [6.07, 6.45) is 1.55. The largest absolute Gasteiger partial charge is 0.480 e. The Hall–Kier alpha value is -1.29. The number of carboxylic acids is 1. The molecule has 0 aromatic carbocycles. The molecule has 1 fully saturated rings. The van der Waals surface area contributed by atoms with E-state index in [0.717, 1.165) is 13.0 Å². The van der Waals surface area contributed by atoms with E-state index in [9.17, 15) is 4.79 Å². The minimum atomic E-state index is -0.797. The van der Waals surface area contributed by atoms with Gasteiger partial charge in [-0.1, -0.05) is 17.7 Å². The number of carboxylic acid groups (broad SMARTS) is 1. The summed E-state index contributed by atoms with van der Waals surface area (Å²) in [6, 6.07) is 4.78. The zero-order valence-corrected chi connectivity index (χ0v) is 8.81. The van der Waals surface area contributed by atoms with Gasteiger partial charge in [0.25, 0.3) is 0 Å². The fourth-order valence-corrected chi connectivity index (χ4v) is 2.01. The average Bonchev–Trinajstić information content (AvgIpc) is 2.65. The molecule has 5 heteroatoms. The van der Waals surface area contributed by atoms with Gasteiger partial charge in [0.2, 0.25) is 0 Å². The van der Waals surface area contributed by atoms with Gasteiger partial charge in [-0.2, -0.15) is 0 Å². The summed E-state index contributed by atoms with van der Waals surface area (Å²) >= 11 is 5.77. The van der Waals surface area contributed by atoms with Gasteiger partial charge in [0, 0.05) is 6.54 Å². The molecular weight excluding hydrogens is 216 g/mol. The first-order chi connectivity index (χ1) is 7.18. The Bertz CT molecular complexity index is 383. The van der Waals surface area contributed by atoms with Gasteiger partial charge in [0.15, 0.2) is 0 Å². The normalized spacial score (nSPS) is 20.6. The molecule has 2 rings (SSSR count). The summed E-state index contributed by atoms with van der Waals surface area (Å²) in [5, 5.41) is 9.40. The average molecular weight is 227 g/mol. The van der Waals surface area contributed by atoms with E-state index < -0.39 is 12.0 Å². The van der Waals surface area contributed by atoms with Crippen LogP contribution < -0.4 is 4.90 Å². The van der Waals surface area contributed by atoms with Crippen molar-refractivity contribution in [3.63, 3.8) is 0 Å². The summed E-state index contributed by atoms with van der Waals surface area (Å²) in [6.45, 7) is 0.726. The van der Waals surface area contributed by atoms with E-state index in [-0.39, 0.29) is 0 Å². The van der Waals surface area contributed by atoms with Crippen LogP contribution in [0.4, 0.5) is 5.82 Å². The third kappa shape index (κ3) is 2.04. The van der Waals surface area contributed by atoms with E-state index in [1.807, 2.05) is 0 Å². The zero-order chi connectivity index (χ0) is 10.8. The van der Waals surface area contributed by atoms with Crippen LogP contribution in [0.15, 0.2) is 18.2 Å². The summed E-state index contributed by atoms with van der Waals surface area (Å²) < 4.78 is 0. The lowest BCUT2D eigenvalue weighted by Crippen LogP contribution is -2.36.